The van der Waals surface area contributed by atoms with Crippen molar-refractivity contribution in [3.05, 3.63) is 21.4 Å². The summed E-state index contributed by atoms with van der Waals surface area (Å²) in [7, 11) is 0. The van der Waals surface area contributed by atoms with E-state index in [1.165, 1.54) is 9.78 Å². The Labute approximate surface area is 90.9 Å². The number of thiophene rings is 1. The van der Waals surface area contributed by atoms with E-state index in [1.807, 2.05) is 5.38 Å². The van der Waals surface area contributed by atoms with Crippen LogP contribution < -0.4 is 0 Å². The normalized spacial score (nSPS) is 15.4. The van der Waals surface area contributed by atoms with Crippen LogP contribution >= 0.6 is 22.9 Å². The van der Waals surface area contributed by atoms with E-state index in [9.17, 15) is 4.79 Å². The van der Waals surface area contributed by atoms with Crippen LogP contribution in [0.1, 0.15) is 16.0 Å². The summed E-state index contributed by atoms with van der Waals surface area (Å²) in [6.07, 6.45) is -0.0224. The van der Waals surface area contributed by atoms with Gasteiger partial charge in [0.1, 0.15) is 0 Å². The molecule has 0 spiro atoms. The standard InChI is InChI=1S/C9H10ClNO2S/c10-3-6-5-14-8-1-2-11(9(12)13)4-7(6)8/h5H,1-4H2,(H,12,13). The molecule has 0 saturated heterocycles. The average Bonchev–Trinajstić information content (AvgIpc) is 2.59. The highest BCUT2D eigenvalue weighted by atomic mass is 35.5. The smallest absolute Gasteiger partial charge is 0.407 e. The Hall–Kier alpha value is -0.740. The predicted molar refractivity (Wildman–Crippen MR) is 56.0 cm³/mol. The summed E-state index contributed by atoms with van der Waals surface area (Å²) in [5.41, 5.74) is 2.20. The molecular formula is C9H10ClNO2S. The van der Waals surface area contributed by atoms with Crippen molar-refractivity contribution in [2.24, 2.45) is 0 Å². The fourth-order valence-corrected chi connectivity index (χ4v) is 3.03. The van der Waals surface area contributed by atoms with Crippen LogP contribution in [-0.4, -0.2) is 22.6 Å². The molecule has 76 valence electrons. The molecule has 0 saturated carbocycles. The van der Waals surface area contributed by atoms with Gasteiger partial charge in [0.15, 0.2) is 0 Å². The molecule has 1 aliphatic rings. The van der Waals surface area contributed by atoms with E-state index in [4.69, 9.17) is 16.7 Å². The third kappa shape index (κ3) is 1.60. The van der Waals surface area contributed by atoms with E-state index in [2.05, 4.69) is 0 Å². The van der Waals surface area contributed by atoms with Crippen LogP contribution in [0.2, 0.25) is 0 Å². The molecule has 5 heteroatoms. The molecule has 0 fully saturated rings. The van der Waals surface area contributed by atoms with Crippen molar-refractivity contribution in [1.82, 2.24) is 4.90 Å². The van der Waals surface area contributed by atoms with Gasteiger partial charge < -0.3 is 10.0 Å². The van der Waals surface area contributed by atoms with Crippen LogP contribution in [0.5, 0.6) is 0 Å². The Balaban J connectivity index is 2.27. The van der Waals surface area contributed by atoms with Crippen LogP contribution in [0.4, 0.5) is 4.79 Å². The van der Waals surface area contributed by atoms with Crippen molar-refractivity contribution in [3.8, 4) is 0 Å². The Morgan fingerprint density at radius 1 is 1.71 bits per heavy atom. The summed E-state index contributed by atoms with van der Waals surface area (Å²) in [4.78, 5) is 13.5. The van der Waals surface area contributed by atoms with Gasteiger partial charge in [-0.15, -0.1) is 22.9 Å². The molecule has 1 amide bonds. The van der Waals surface area contributed by atoms with Gasteiger partial charge in [-0.25, -0.2) is 4.79 Å². The number of carbonyl (C=O) groups is 1. The maximum Gasteiger partial charge on any atom is 0.407 e. The SMILES string of the molecule is O=C(O)N1CCc2scc(CCl)c2C1. The molecule has 0 atom stereocenters. The van der Waals surface area contributed by atoms with E-state index >= 15 is 0 Å². The summed E-state index contributed by atoms with van der Waals surface area (Å²) in [5.74, 6) is 0.472. The zero-order valence-corrected chi connectivity index (χ0v) is 9.07. The third-order valence-corrected chi connectivity index (χ3v) is 3.87. The first-order chi connectivity index (χ1) is 6.72. The number of nitrogens with zero attached hydrogens (tertiary/aromatic N) is 1. The maximum atomic E-state index is 10.8. The molecule has 14 heavy (non-hydrogen) atoms. The first kappa shape index (κ1) is 9.80. The summed E-state index contributed by atoms with van der Waals surface area (Å²) < 4.78 is 0. The van der Waals surface area contributed by atoms with Crippen molar-refractivity contribution in [2.45, 2.75) is 18.8 Å². The summed E-state index contributed by atoms with van der Waals surface area (Å²) in [6.45, 7) is 1.10. The van der Waals surface area contributed by atoms with Gasteiger partial charge in [-0.05, 0) is 22.9 Å². The van der Waals surface area contributed by atoms with E-state index in [1.54, 1.807) is 11.3 Å². The van der Waals surface area contributed by atoms with Crippen LogP contribution in [0, 0.1) is 0 Å². The van der Waals surface area contributed by atoms with Crippen LogP contribution in [-0.2, 0) is 18.8 Å². The molecule has 0 unspecified atom stereocenters. The quantitative estimate of drug-likeness (QED) is 0.755. The summed E-state index contributed by atoms with van der Waals surface area (Å²) >= 11 is 7.46. The lowest BCUT2D eigenvalue weighted by molar-refractivity contribution is 0.140. The average molecular weight is 232 g/mol. The summed E-state index contributed by atoms with van der Waals surface area (Å²) in [6, 6.07) is 0. The van der Waals surface area contributed by atoms with Gasteiger partial charge in [-0.2, -0.15) is 0 Å². The van der Waals surface area contributed by atoms with Crippen LogP contribution in [0.25, 0.3) is 0 Å². The number of halogens is 1. The molecule has 0 aromatic carbocycles. The lowest BCUT2D eigenvalue weighted by Gasteiger charge is -2.24. The third-order valence-electron chi connectivity index (χ3n) is 2.44. The van der Waals surface area contributed by atoms with Crippen molar-refractivity contribution >= 4 is 29.0 Å². The Kier molecular flexibility index (Phi) is 2.65. The lowest BCUT2D eigenvalue weighted by Crippen LogP contribution is -2.34. The van der Waals surface area contributed by atoms with Crippen molar-refractivity contribution in [1.29, 1.82) is 0 Å². The molecule has 3 nitrogen and oxygen atoms in total. The molecule has 0 aliphatic carbocycles. The van der Waals surface area contributed by atoms with Crippen LogP contribution in [0.3, 0.4) is 0 Å². The molecule has 2 heterocycles. The lowest BCUT2D eigenvalue weighted by atomic mass is 10.1. The monoisotopic (exact) mass is 231 g/mol. The van der Waals surface area contributed by atoms with Gasteiger partial charge in [0.2, 0.25) is 0 Å². The first-order valence-corrected chi connectivity index (χ1v) is 5.75. The Bertz CT molecular complexity index is 350. The van der Waals surface area contributed by atoms with E-state index in [0.29, 0.717) is 19.0 Å². The second-order valence-electron chi connectivity index (χ2n) is 3.25. The topological polar surface area (TPSA) is 40.5 Å². The number of carboxylic acid groups (broad SMARTS) is 1. The van der Waals surface area contributed by atoms with E-state index in [0.717, 1.165) is 17.5 Å². The Morgan fingerprint density at radius 2 is 2.50 bits per heavy atom. The number of hydrogen-bond donors (Lipinski definition) is 1. The Morgan fingerprint density at radius 3 is 3.14 bits per heavy atom. The maximum absolute atomic E-state index is 10.8. The predicted octanol–water partition coefficient (Wildman–Crippen LogP) is 2.52. The van der Waals surface area contributed by atoms with E-state index < -0.39 is 6.09 Å². The minimum absolute atomic E-state index is 0.472. The highest BCUT2D eigenvalue weighted by Crippen LogP contribution is 2.29. The van der Waals surface area contributed by atoms with Crippen molar-refractivity contribution < 1.29 is 9.90 Å². The highest BCUT2D eigenvalue weighted by molar-refractivity contribution is 7.10. The largest absolute Gasteiger partial charge is 0.465 e. The second kappa shape index (κ2) is 3.79. The van der Waals surface area contributed by atoms with Crippen molar-refractivity contribution in [3.63, 3.8) is 0 Å². The van der Waals surface area contributed by atoms with Gasteiger partial charge in [0.05, 0.1) is 6.54 Å². The molecule has 0 radical (unpaired) electrons. The number of rotatable bonds is 1. The molecule has 1 aromatic rings. The van der Waals surface area contributed by atoms with Gasteiger partial charge in [0, 0.05) is 17.3 Å². The van der Waals surface area contributed by atoms with Gasteiger partial charge in [-0.1, -0.05) is 0 Å². The molecule has 1 N–H and O–H groups in total. The highest BCUT2D eigenvalue weighted by Gasteiger charge is 2.23. The van der Waals surface area contributed by atoms with Gasteiger partial charge in [0.25, 0.3) is 0 Å². The minimum Gasteiger partial charge on any atom is -0.465 e. The molecule has 1 aliphatic heterocycles. The fraction of sp³-hybridized carbons (Fsp3) is 0.444. The van der Waals surface area contributed by atoms with Crippen LogP contribution in [0.15, 0.2) is 5.38 Å². The second-order valence-corrected chi connectivity index (χ2v) is 4.48. The van der Waals surface area contributed by atoms with Gasteiger partial charge in [-0.3, -0.25) is 0 Å². The fourth-order valence-electron chi connectivity index (χ4n) is 1.64. The van der Waals surface area contributed by atoms with E-state index in [-0.39, 0.29) is 0 Å². The molecular weight excluding hydrogens is 222 g/mol. The number of fused-ring (bicyclic) bond motifs is 1. The zero-order chi connectivity index (χ0) is 10.1. The van der Waals surface area contributed by atoms with Crippen molar-refractivity contribution in [2.75, 3.05) is 6.54 Å². The molecule has 1 aromatic heterocycles. The summed E-state index contributed by atoms with van der Waals surface area (Å²) in [5, 5.41) is 10.9. The first-order valence-electron chi connectivity index (χ1n) is 4.34. The number of alkyl halides is 1. The molecule has 0 bridgehead atoms. The number of hydrogen-bond acceptors (Lipinski definition) is 2. The minimum atomic E-state index is -0.845. The van der Waals surface area contributed by atoms with Gasteiger partial charge >= 0.3 is 6.09 Å². The number of amides is 1. The molecule has 2 rings (SSSR count). The zero-order valence-electron chi connectivity index (χ0n) is 7.49.